The molecular formula is C28H38N6O2. The number of aryl methyl sites for hydroxylation is 1. The molecule has 0 atom stereocenters. The zero-order valence-electron chi connectivity index (χ0n) is 22.0. The van der Waals surface area contributed by atoms with Gasteiger partial charge in [-0.3, -0.25) is 9.79 Å². The Hall–Kier alpha value is -3.36. The Balaban J connectivity index is 1.64. The molecule has 0 spiro atoms. The van der Waals surface area contributed by atoms with Crippen molar-refractivity contribution < 1.29 is 9.53 Å². The zero-order valence-corrected chi connectivity index (χ0v) is 22.0. The second-order valence-corrected chi connectivity index (χ2v) is 8.99. The third-order valence-corrected chi connectivity index (χ3v) is 6.45. The van der Waals surface area contributed by atoms with Crippen molar-refractivity contribution in [2.75, 3.05) is 60.5 Å². The van der Waals surface area contributed by atoms with Gasteiger partial charge in [-0.2, -0.15) is 0 Å². The first-order valence-corrected chi connectivity index (χ1v) is 12.4. The van der Waals surface area contributed by atoms with Gasteiger partial charge in [0.1, 0.15) is 11.6 Å². The lowest BCUT2D eigenvalue weighted by molar-refractivity contribution is 0.0949. The van der Waals surface area contributed by atoms with Crippen LogP contribution in [0.3, 0.4) is 0 Å². The third kappa shape index (κ3) is 7.57. The first kappa shape index (κ1) is 27.2. The van der Waals surface area contributed by atoms with E-state index in [1.165, 1.54) is 0 Å². The van der Waals surface area contributed by atoms with Crippen LogP contribution in [-0.2, 0) is 0 Å². The predicted octanol–water partition coefficient (Wildman–Crippen LogP) is 3.61. The van der Waals surface area contributed by atoms with Gasteiger partial charge >= 0.3 is 0 Å². The van der Waals surface area contributed by atoms with Crippen LogP contribution in [0.4, 0.5) is 5.69 Å². The van der Waals surface area contributed by atoms with Crippen molar-refractivity contribution in [3.63, 3.8) is 0 Å². The van der Waals surface area contributed by atoms with Gasteiger partial charge in [-0.05, 0) is 63.5 Å². The van der Waals surface area contributed by atoms with E-state index < -0.39 is 0 Å². The molecule has 0 unspecified atom stereocenters. The van der Waals surface area contributed by atoms with E-state index >= 15 is 0 Å². The van der Waals surface area contributed by atoms with Crippen molar-refractivity contribution in [2.45, 2.75) is 19.8 Å². The summed E-state index contributed by atoms with van der Waals surface area (Å²) in [5.41, 5.74) is 3.86. The summed E-state index contributed by atoms with van der Waals surface area (Å²) < 4.78 is 5.48. The van der Waals surface area contributed by atoms with Gasteiger partial charge in [0.15, 0.2) is 0 Å². The number of aliphatic imine (C=N–C) groups is 3. The fourth-order valence-corrected chi connectivity index (χ4v) is 4.20. The number of nitrogens with zero attached hydrogens (tertiary/aromatic N) is 5. The van der Waals surface area contributed by atoms with Gasteiger partial charge in [0.05, 0.1) is 24.9 Å². The minimum absolute atomic E-state index is 0.0825. The van der Waals surface area contributed by atoms with E-state index in [1.54, 1.807) is 14.2 Å². The molecule has 0 aliphatic carbocycles. The maximum Gasteiger partial charge on any atom is 0.251 e. The number of benzene rings is 2. The molecule has 8 heteroatoms. The van der Waals surface area contributed by atoms with Gasteiger partial charge in [0.2, 0.25) is 0 Å². The highest BCUT2D eigenvalue weighted by Crippen LogP contribution is 2.22. The summed E-state index contributed by atoms with van der Waals surface area (Å²) in [6, 6.07) is 13.3. The fraction of sp³-hybridized carbons (Fsp3) is 0.429. The quantitative estimate of drug-likeness (QED) is 0.313. The number of carbonyl (C=O) groups is 1. The van der Waals surface area contributed by atoms with Crippen molar-refractivity contribution in [1.82, 2.24) is 15.1 Å². The summed E-state index contributed by atoms with van der Waals surface area (Å²) in [5, 5.41) is 3.06. The van der Waals surface area contributed by atoms with E-state index in [-0.39, 0.29) is 5.91 Å². The molecule has 1 aliphatic rings. The summed E-state index contributed by atoms with van der Waals surface area (Å²) in [6.07, 6.45) is 1.32. The van der Waals surface area contributed by atoms with Crippen LogP contribution < -0.4 is 10.1 Å². The molecule has 1 saturated heterocycles. The molecule has 1 heterocycles. The van der Waals surface area contributed by atoms with E-state index in [9.17, 15) is 4.79 Å². The minimum atomic E-state index is -0.0825. The van der Waals surface area contributed by atoms with Crippen LogP contribution in [0.2, 0.25) is 0 Å². The van der Waals surface area contributed by atoms with Crippen LogP contribution in [0.5, 0.6) is 5.75 Å². The predicted molar refractivity (Wildman–Crippen MR) is 149 cm³/mol. The summed E-state index contributed by atoms with van der Waals surface area (Å²) >= 11 is 0. The molecule has 0 aromatic heterocycles. The number of nitrogens with one attached hydrogen (secondary N) is 1. The first-order chi connectivity index (χ1) is 17.4. The smallest absolute Gasteiger partial charge is 0.251 e. The lowest BCUT2D eigenvalue weighted by atomic mass is 10.1. The number of ether oxygens (including phenoxy) is 1. The van der Waals surface area contributed by atoms with Crippen LogP contribution in [0.1, 0.15) is 34.3 Å². The molecule has 36 heavy (non-hydrogen) atoms. The van der Waals surface area contributed by atoms with Gasteiger partial charge in [0, 0.05) is 50.9 Å². The van der Waals surface area contributed by atoms with Crippen molar-refractivity contribution in [3.05, 3.63) is 59.2 Å². The molecule has 1 aliphatic heterocycles. The van der Waals surface area contributed by atoms with Crippen molar-refractivity contribution in [1.29, 1.82) is 0 Å². The zero-order chi connectivity index (χ0) is 25.9. The largest absolute Gasteiger partial charge is 0.496 e. The van der Waals surface area contributed by atoms with Gasteiger partial charge in [-0.1, -0.05) is 18.2 Å². The number of rotatable bonds is 10. The van der Waals surface area contributed by atoms with Crippen LogP contribution in [-0.4, -0.2) is 94.4 Å². The van der Waals surface area contributed by atoms with E-state index in [1.807, 2.05) is 49.4 Å². The highest BCUT2D eigenvalue weighted by atomic mass is 16.5. The average molecular weight is 491 g/mol. The van der Waals surface area contributed by atoms with Gasteiger partial charge in [0.25, 0.3) is 5.91 Å². The van der Waals surface area contributed by atoms with Gasteiger partial charge in [-0.25, -0.2) is 9.98 Å². The number of likely N-dealkylation sites (N-methyl/N-ethyl adjacent to an activating group) is 1. The fourth-order valence-electron chi connectivity index (χ4n) is 4.20. The van der Waals surface area contributed by atoms with Crippen molar-refractivity contribution in [2.24, 2.45) is 15.0 Å². The average Bonchev–Trinajstić information content (AvgIpc) is 2.90. The minimum Gasteiger partial charge on any atom is -0.496 e. The molecule has 0 radical (unpaired) electrons. The topological polar surface area (TPSA) is 81.9 Å². The monoisotopic (exact) mass is 490 g/mol. The number of hydrogen-bond donors (Lipinski definition) is 1. The van der Waals surface area contributed by atoms with Gasteiger partial charge in [-0.15, -0.1) is 0 Å². The molecule has 2 aromatic carbocycles. The maximum atomic E-state index is 12.9. The molecule has 1 N–H and O–H groups in total. The van der Waals surface area contributed by atoms with Crippen LogP contribution >= 0.6 is 0 Å². The highest BCUT2D eigenvalue weighted by molar-refractivity contribution is 6.14. The Bertz CT molecular complexity index is 1100. The summed E-state index contributed by atoms with van der Waals surface area (Å²) in [7, 11) is 5.53. The summed E-state index contributed by atoms with van der Waals surface area (Å²) in [6.45, 7) is 11.7. The maximum absolute atomic E-state index is 12.9. The summed E-state index contributed by atoms with van der Waals surface area (Å²) in [4.78, 5) is 30.9. The number of carbonyl (C=O) groups excluding carboxylic acids is 1. The van der Waals surface area contributed by atoms with Crippen LogP contribution in [0.25, 0.3) is 0 Å². The Morgan fingerprint density at radius 1 is 1.11 bits per heavy atom. The van der Waals surface area contributed by atoms with E-state index in [4.69, 9.17) is 4.74 Å². The molecule has 0 saturated carbocycles. The normalized spacial score (nSPS) is 15.6. The number of methoxy groups -OCH3 is 1. The number of para-hydroxylation sites is 1. The Morgan fingerprint density at radius 2 is 1.86 bits per heavy atom. The molecule has 1 fully saturated rings. The van der Waals surface area contributed by atoms with Crippen LogP contribution in [0.15, 0.2) is 57.4 Å². The molecule has 192 valence electrons. The molecule has 3 rings (SSSR count). The number of amidine groups is 1. The Morgan fingerprint density at radius 3 is 2.56 bits per heavy atom. The molecule has 1 amide bonds. The number of piperazine rings is 1. The Labute approximate surface area is 214 Å². The number of amides is 1. The van der Waals surface area contributed by atoms with E-state index in [0.29, 0.717) is 30.1 Å². The molecular weight excluding hydrogens is 452 g/mol. The van der Waals surface area contributed by atoms with Crippen molar-refractivity contribution >= 4 is 29.9 Å². The lowest BCUT2D eigenvalue weighted by Crippen LogP contribution is -2.45. The Kier molecular flexibility index (Phi) is 10.3. The second-order valence-electron chi connectivity index (χ2n) is 8.99. The molecule has 8 nitrogen and oxygen atoms in total. The first-order valence-electron chi connectivity index (χ1n) is 12.4. The van der Waals surface area contributed by atoms with E-state index in [0.717, 1.165) is 61.7 Å². The van der Waals surface area contributed by atoms with Gasteiger partial charge < -0.3 is 19.9 Å². The second kappa shape index (κ2) is 13.7. The number of hydrogen-bond acceptors (Lipinski definition) is 6. The molecule has 2 aromatic rings. The van der Waals surface area contributed by atoms with Crippen molar-refractivity contribution in [3.8, 4) is 5.75 Å². The standard InChI is InChI=1S/C28H38N6O2/c1-21-11-12-22(19-24(21)28(35)31-13-8-14-34-17-15-33(4)16-18-34)32-27(30-3)20-25(29-2)23-9-6-7-10-26(23)36-5/h6-7,9-12,19H,3,8,13-18,20H2,1-2,4-5H3,(H,31,35). The molecule has 0 bridgehead atoms. The SMILES string of the molecule is C=NC(CC(=NC)c1ccccc1OC)=Nc1ccc(C)c(C(=O)NCCCN2CCN(C)CC2)c1. The lowest BCUT2D eigenvalue weighted by Gasteiger charge is -2.32. The third-order valence-electron chi connectivity index (χ3n) is 6.45. The van der Waals surface area contributed by atoms with Crippen LogP contribution in [0, 0.1) is 6.92 Å². The highest BCUT2D eigenvalue weighted by Gasteiger charge is 2.15. The summed E-state index contributed by atoms with van der Waals surface area (Å²) in [5.74, 6) is 1.17. The van der Waals surface area contributed by atoms with E-state index in [2.05, 4.69) is 43.9 Å².